The lowest BCUT2D eigenvalue weighted by Gasteiger charge is -2.37. The Kier molecular flexibility index (Phi) is 3.64. The maximum absolute atomic E-state index is 13.4. The van der Waals surface area contributed by atoms with Crippen LogP contribution in [0.3, 0.4) is 0 Å². The van der Waals surface area contributed by atoms with Crippen LogP contribution >= 0.6 is 0 Å². The molecule has 2 rings (SSSR count). The summed E-state index contributed by atoms with van der Waals surface area (Å²) in [4.78, 5) is 0. The number of rotatable bonds is 3. The van der Waals surface area contributed by atoms with Gasteiger partial charge in [-0.1, -0.05) is 0 Å². The highest BCUT2D eigenvalue weighted by atomic mass is 19.1. The number of ether oxygens (including phenoxy) is 1. The standard InChI is InChI=1S/C13H18FNO2/c1-17-12-3-2-10(14)8-11(12)13(9-16)4-6-15-7-5-13/h2-3,8,15-16H,4-7,9H2,1H3. The molecule has 0 aromatic heterocycles. The first-order valence-corrected chi connectivity index (χ1v) is 5.87. The van der Waals surface area contributed by atoms with Crippen molar-refractivity contribution < 1.29 is 14.2 Å². The van der Waals surface area contributed by atoms with Crippen LogP contribution in [0.15, 0.2) is 18.2 Å². The van der Waals surface area contributed by atoms with Gasteiger partial charge in [-0.2, -0.15) is 0 Å². The molecule has 4 heteroatoms. The fraction of sp³-hybridized carbons (Fsp3) is 0.538. The van der Waals surface area contributed by atoms with Gasteiger partial charge in [-0.25, -0.2) is 4.39 Å². The summed E-state index contributed by atoms with van der Waals surface area (Å²) in [5.41, 5.74) is 0.405. The van der Waals surface area contributed by atoms with Gasteiger partial charge in [0.05, 0.1) is 13.7 Å². The van der Waals surface area contributed by atoms with Crippen LogP contribution in [0.2, 0.25) is 0 Å². The van der Waals surface area contributed by atoms with Crippen LogP contribution in [-0.4, -0.2) is 31.9 Å². The SMILES string of the molecule is COc1ccc(F)cc1C1(CO)CCNCC1. The van der Waals surface area contributed by atoms with E-state index < -0.39 is 0 Å². The molecule has 1 aromatic carbocycles. The molecule has 1 heterocycles. The van der Waals surface area contributed by atoms with Gasteiger partial charge in [0, 0.05) is 11.0 Å². The van der Waals surface area contributed by atoms with E-state index in [2.05, 4.69) is 5.32 Å². The lowest BCUT2D eigenvalue weighted by Crippen LogP contribution is -2.42. The van der Waals surface area contributed by atoms with Gasteiger partial charge in [-0.05, 0) is 44.1 Å². The third-order valence-corrected chi connectivity index (χ3v) is 3.60. The molecule has 0 aliphatic carbocycles. The molecular formula is C13H18FNO2. The maximum Gasteiger partial charge on any atom is 0.123 e. The Labute approximate surface area is 101 Å². The molecule has 0 atom stereocenters. The van der Waals surface area contributed by atoms with Crippen LogP contribution in [0.1, 0.15) is 18.4 Å². The van der Waals surface area contributed by atoms with E-state index in [4.69, 9.17) is 4.74 Å². The number of aliphatic hydroxyl groups excluding tert-OH is 1. The Hall–Kier alpha value is -1.13. The van der Waals surface area contributed by atoms with Crippen molar-refractivity contribution in [1.29, 1.82) is 0 Å². The second-order valence-electron chi connectivity index (χ2n) is 4.53. The summed E-state index contributed by atoms with van der Waals surface area (Å²) in [6.45, 7) is 1.69. The molecule has 3 nitrogen and oxygen atoms in total. The first-order valence-electron chi connectivity index (χ1n) is 5.87. The monoisotopic (exact) mass is 239 g/mol. The van der Waals surface area contributed by atoms with E-state index >= 15 is 0 Å². The van der Waals surface area contributed by atoms with Crippen molar-refractivity contribution >= 4 is 0 Å². The summed E-state index contributed by atoms with van der Waals surface area (Å²) in [6.07, 6.45) is 1.59. The molecule has 1 aromatic rings. The van der Waals surface area contributed by atoms with Gasteiger partial charge < -0.3 is 15.2 Å². The van der Waals surface area contributed by atoms with E-state index in [0.717, 1.165) is 31.5 Å². The highest BCUT2D eigenvalue weighted by Crippen LogP contribution is 2.38. The van der Waals surface area contributed by atoms with E-state index in [9.17, 15) is 9.50 Å². The zero-order chi connectivity index (χ0) is 12.3. The largest absolute Gasteiger partial charge is 0.496 e. The number of hydrogen-bond donors (Lipinski definition) is 2. The Morgan fingerprint density at radius 3 is 2.71 bits per heavy atom. The van der Waals surface area contributed by atoms with E-state index in [1.807, 2.05) is 0 Å². The van der Waals surface area contributed by atoms with Crippen molar-refractivity contribution in [3.05, 3.63) is 29.6 Å². The van der Waals surface area contributed by atoms with Crippen LogP contribution in [0.4, 0.5) is 4.39 Å². The molecule has 0 spiro atoms. The van der Waals surface area contributed by atoms with Crippen LogP contribution in [0.25, 0.3) is 0 Å². The van der Waals surface area contributed by atoms with Crippen molar-refractivity contribution in [1.82, 2.24) is 5.32 Å². The molecule has 1 saturated heterocycles. The second-order valence-corrected chi connectivity index (χ2v) is 4.53. The molecule has 0 amide bonds. The van der Waals surface area contributed by atoms with Crippen LogP contribution in [0, 0.1) is 5.82 Å². The van der Waals surface area contributed by atoms with Crippen LogP contribution in [-0.2, 0) is 5.41 Å². The van der Waals surface area contributed by atoms with Crippen molar-refractivity contribution in [3.8, 4) is 5.75 Å². The predicted octanol–water partition coefficient (Wildman–Crippen LogP) is 1.45. The van der Waals surface area contributed by atoms with Gasteiger partial charge >= 0.3 is 0 Å². The van der Waals surface area contributed by atoms with Gasteiger partial charge in [0.1, 0.15) is 11.6 Å². The van der Waals surface area contributed by atoms with Crippen molar-refractivity contribution in [2.75, 3.05) is 26.8 Å². The van der Waals surface area contributed by atoms with E-state index in [1.165, 1.54) is 12.1 Å². The first-order chi connectivity index (χ1) is 8.22. The molecule has 1 aliphatic rings. The maximum atomic E-state index is 13.4. The molecule has 0 bridgehead atoms. The van der Waals surface area contributed by atoms with Gasteiger partial charge in [0.25, 0.3) is 0 Å². The minimum absolute atomic E-state index is 0.0223. The Morgan fingerprint density at radius 1 is 1.41 bits per heavy atom. The topological polar surface area (TPSA) is 41.5 Å². The molecule has 0 unspecified atom stereocenters. The lowest BCUT2D eigenvalue weighted by molar-refractivity contribution is 0.155. The fourth-order valence-corrected chi connectivity index (χ4v) is 2.51. The molecule has 17 heavy (non-hydrogen) atoms. The molecule has 0 saturated carbocycles. The highest BCUT2D eigenvalue weighted by molar-refractivity contribution is 5.40. The van der Waals surface area contributed by atoms with Crippen LogP contribution in [0.5, 0.6) is 5.75 Å². The van der Waals surface area contributed by atoms with Crippen molar-refractivity contribution in [3.63, 3.8) is 0 Å². The Balaban J connectivity index is 2.44. The summed E-state index contributed by atoms with van der Waals surface area (Å²) in [5, 5.41) is 13.0. The summed E-state index contributed by atoms with van der Waals surface area (Å²) in [6, 6.07) is 4.50. The van der Waals surface area contributed by atoms with E-state index in [-0.39, 0.29) is 17.8 Å². The van der Waals surface area contributed by atoms with Gasteiger partial charge in [-0.3, -0.25) is 0 Å². The van der Waals surface area contributed by atoms with Gasteiger partial charge in [0.15, 0.2) is 0 Å². The third kappa shape index (κ3) is 2.28. The number of nitrogens with one attached hydrogen (secondary N) is 1. The smallest absolute Gasteiger partial charge is 0.123 e. The number of piperidine rings is 1. The summed E-state index contributed by atoms with van der Waals surface area (Å²) >= 11 is 0. The van der Waals surface area contributed by atoms with Gasteiger partial charge in [0.2, 0.25) is 0 Å². The molecule has 1 aliphatic heterocycles. The normalized spacial score (nSPS) is 19.0. The number of benzene rings is 1. The molecule has 2 N–H and O–H groups in total. The molecular weight excluding hydrogens is 221 g/mol. The number of aliphatic hydroxyl groups is 1. The summed E-state index contributed by atoms with van der Waals surface area (Å²) in [7, 11) is 1.57. The highest BCUT2D eigenvalue weighted by Gasteiger charge is 2.35. The number of hydrogen-bond acceptors (Lipinski definition) is 3. The average molecular weight is 239 g/mol. The zero-order valence-corrected chi connectivity index (χ0v) is 10.0. The second kappa shape index (κ2) is 5.02. The van der Waals surface area contributed by atoms with Crippen molar-refractivity contribution in [2.24, 2.45) is 0 Å². The fourth-order valence-electron chi connectivity index (χ4n) is 2.51. The number of halogens is 1. The average Bonchev–Trinajstić information content (AvgIpc) is 2.39. The minimum Gasteiger partial charge on any atom is -0.496 e. The van der Waals surface area contributed by atoms with E-state index in [1.54, 1.807) is 13.2 Å². The van der Waals surface area contributed by atoms with Crippen molar-refractivity contribution in [2.45, 2.75) is 18.3 Å². The summed E-state index contributed by atoms with van der Waals surface area (Å²) < 4.78 is 18.7. The molecule has 94 valence electrons. The Morgan fingerprint density at radius 2 is 2.12 bits per heavy atom. The Bertz CT molecular complexity index is 389. The number of methoxy groups -OCH3 is 1. The zero-order valence-electron chi connectivity index (χ0n) is 10.0. The van der Waals surface area contributed by atoms with Crippen LogP contribution < -0.4 is 10.1 Å². The van der Waals surface area contributed by atoms with Gasteiger partial charge in [-0.15, -0.1) is 0 Å². The lowest BCUT2D eigenvalue weighted by atomic mass is 9.73. The minimum atomic E-state index is -0.376. The predicted molar refractivity (Wildman–Crippen MR) is 63.8 cm³/mol. The van der Waals surface area contributed by atoms with E-state index in [0.29, 0.717) is 5.75 Å². The summed E-state index contributed by atoms with van der Waals surface area (Å²) in [5.74, 6) is 0.370. The molecule has 0 radical (unpaired) electrons. The quantitative estimate of drug-likeness (QED) is 0.839. The molecule has 1 fully saturated rings. The third-order valence-electron chi connectivity index (χ3n) is 3.60. The first kappa shape index (κ1) is 12.3.